The first-order chi connectivity index (χ1) is 12.5. The molecule has 136 valence electrons. The molecule has 2 aromatic heterocycles. The third-order valence-electron chi connectivity index (χ3n) is 4.23. The Morgan fingerprint density at radius 1 is 1.31 bits per heavy atom. The summed E-state index contributed by atoms with van der Waals surface area (Å²) in [5, 5.41) is 0.448. The smallest absolute Gasteiger partial charge is 0.329 e. The summed E-state index contributed by atoms with van der Waals surface area (Å²) >= 11 is 1.40. The zero-order chi connectivity index (χ0) is 18.8. The Morgan fingerprint density at radius 3 is 2.62 bits per heavy atom. The Labute approximate surface area is 154 Å². The lowest BCUT2D eigenvalue weighted by molar-refractivity contribution is -0.147. The first kappa shape index (κ1) is 18.3. The van der Waals surface area contributed by atoms with Gasteiger partial charge in [0.1, 0.15) is 16.7 Å². The molecular formula is C19H19FN2O3S. The Bertz CT molecular complexity index is 1010. The van der Waals surface area contributed by atoms with Gasteiger partial charge in [-0.15, -0.1) is 11.3 Å². The SMILES string of the molecule is CCOC(=O)C(CC)n1cnc2sc(C)c(-c3ccc(F)cc3)c2c1=O. The molecule has 0 saturated carbocycles. The van der Waals surface area contributed by atoms with Gasteiger partial charge < -0.3 is 4.74 Å². The van der Waals surface area contributed by atoms with Crippen LogP contribution in [0.25, 0.3) is 21.3 Å². The van der Waals surface area contributed by atoms with E-state index in [4.69, 9.17) is 4.74 Å². The summed E-state index contributed by atoms with van der Waals surface area (Å²) in [5.74, 6) is -0.789. The van der Waals surface area contributed by atoms with Crippen molar-refractivity contribution in [3.8, 4) is 11.1 Å². The molecule has 5 nitrogen and oxygen atoms in total. The number of aromatic nitrogens is 2. The van der Waals surface area contributed by atoms with Crippen LogP contribution in [-0.4, -0.2) is 22.1 Å². The molecule has 1 aromatic carbocycles. The lowest BCUT2D eigenvalue weighted by Gasteiger charge is -2.16. The van der Waals surface area contributed by atoms with E-state index in [1.165, 1.54) is 34.4 Å². The van der Waals surface area contributed by atoms with Crippen molar-refractivity contribution < 1.29 is 13.9 Å². The number of nitrogens with zero attached hydrogens (tertiary/aromatic N) is 2. The fourth-order valence-electron chi connectivity index (χ4n) is 3.02. The second-order valence-corrected chi connectivity index (χ2v) is 7.06. The number of hydrogen-bond acceptors (Lipinski definition) is 5. The average Bonchev–Trinajstić information content (AvgIpc) is 2.95. The van der Waals surface area contributed by atoms with E-state index in [-0.39, 0.29) is 18.0 Å². The number of hydrogen-bond donors (Lipinski definition) is 0. The zero-order valence-electron chi connectivity index (χ0n) is 14.8. The Hall–Kier alpha value is -2.54. The van der Waals surface area contributed by atoms with Gasteiger partial charge in [-0.1, -0.05) is 19.1 Å². The van der Waals surface area contributed by atoms with Crippen LogP contribution in [0.2, 0.25) is 0 Å². The minimum absolute atomic E-state index is 0.248. The van der Waals surface area contributed by atoms with E-state index in [0.717, 1.165) is 16.0 Å². The third kappa shape index (κ3) is 3.14. The molecule has 3 aromatic rings. The maximum absolute atomic E-state index is 13.3. The summed E-state index contributed by atoms with van der Waals surface area (Å²) in [4.78, 5) is 31.3. The highest BCUT2D eigenvalue weighted by Gasteiger charge is 2.24. The highest BCUT2D eigenvalue weighted by Crippen LogP contribution is 2.35. The summed E-state index contributed by atoms with van der Waals surface area (Å²) < 4.78 is 19.7. The second kappa shape index (κ2) is 7.37. The summed E-state index contributed by atoms with van der Waals surface area (Å²) in [5.41, 5.74) is 1.19. The van der Waals surface area contributed by atoms with E-state index in [9.17, 15) is 14.0 Å². The quantitative estimate of drug-likeness (QED) is 0.631. The molecule has 0 radical (unpaired) electrons. The van der Waals surface area contributed by atoms with Gasteiger partial charge in [0.25, 0.3) is 5.56 Å². The topological polar surface area (TPSA) is 61.2 Å². The number of fused-ring (bicyclic) bond motifs is 1. The van der Waals surface area contributed by atoms with Crippen molar-refractivity contribution in [2.75, 3.05) is 6.61 Å². The van der Waals surface area contributed by atoms with Gasteiger partial charge in [0.2, 0.25) is 0 Å². The van der Waals surface area contributed by atoms with Gasteiger partial charge in [0, 0.05) is 10.4 Å². The molecule has 0 aliphatic carbocycles. The summed E-state index contributed by atoms with van der Waals surface area (Å²) in [6, 6.07) is 5.29. The van der Waals surface area contributed by atoms with Crippen LogP contribution < -0.4 is 5.56 Å². The molecule has 0 aliphatic rings. The number of carbonyl (C=O) groups excluding carboxylic acids is 1. The minimum Gasteiger partial charge on any atom is -0.464 e. The summed E-state index contributed by atoms with van der Waals surface area (Å²) in [6.07, 6.45) is 1.82. The highest BCUT2D eigenvalue weighted by atomic mass is 32.1. The standard InChI is InChI=1S/C19H19FN2O3S/c1-4-14(19(24)25-5-2)22-10-21-17-16(18(22)23)15(11(3)26-17)12-6-8-13(20)9-7-12/h6-10,14H,4-5H2,1-3H3. The van der Waals surface area contributed by atoms with E-state index >= 15 is 0 Å². The number of esters is 1. The number of benzene rings is 1. The van der Waals surface area contributed by atoms with Gasteiger partial charge in [-0.25, -0.2) is 14.2 Å². The van der Waals surface area contributed by atoms with Crippen molar-refractivity contribution >= 4 is 27.5 Å². The van der Waals surface area contributed by atoms with Crippen molar-refractivity contribution in [3.05, 3.63) is 51.6 Å². The van der Waals surface area contributed by atoms with Crippen molar-refractivity contribution in [1.82, 2.24) is 9.55 Å². The minimum atomic E-state index is -0.722. The van der Waals surface area contributed by atoms with Crippen LogP contribution in [0.4, 0.5) is 4.39 Å². The molecule has 1 unspecified atom stereocenters. The van der Waals surface area contributed by atoms with Gasteiger partial charge in [-0.3, -0.25) is 9.36 Å². The molecule has 0 fully saturated rings. The average molecular weight is 374 g/mol. The van der Waals surface area contributed by atoms with Crippen LogP contribution in [0, 0.1) is 12.7 Å². The van der Waals surface area contributed by atoms with E-state index in [2.05, 4.69) is 4.98 Å². The van der Waals surface area contributed by atoms with Gasteiger partial charge in [-0.05, 0) is 38.0 Å². The molecule has 2 heterocycles. The molecule has 0 aliphatic heterocycles. The monoisotopic (exact) mass is 374 g/mol. The lowest BCUT2D eigenvalue weighted by atomic mass is 10.0. The van der Waals surface area contributed by atoms with E-state index in [1.807, 2.05) is 13.8 Å². The molecule has 0 N–H and O–H groups in total. The fourth-order valence-corrected chi connectivity index (χ4v) is 4.02. The number of rotatable bonds is 5. The van der Waals surface area contributed by atoms with Crippen molar-refractivity contribution in [1.29, 1.82) is 0 Å². The molecule has 26 heavy (non-hydrogen) atoms. The number of halogens is 1. The predicted molar refractivity (Wildman–Crippen MR) is 100.0 cm³/mol. The number of ether oxygens (including phenoxy) is 1. The highest BCUT2D eigenvalue weighted by molar-refractivity contribution is 7.19. The van der Waals surface area contributed by atoms with E-state index < -0.39 is 12.0 Å². The summed E-state index contributed by atoms with van der Waals surface area (Å²) in [6.45, 7) is 5.69. The van der Waals surface area contributed by atoms with Crippen LogP contribution >= 0.6 is 11.3 Å². The Kier molecular flexibility index (Phi) is 5.18. The molecule has 1 atom stereocenters. The van der Waals surface area contributed by atoms with Gasteiger partial charge in [0.05, 0.1) is 18.3 Å². The number of thiophene rings is 1. The van der Waals surface area contributed by atoms with Crippen molar-refractivity contribution in [2.24, 2.45) is 0 Å². The Morgan fingerprint density at radius 2 is 2.00 bits per heavy atom. The van der Waals surface area contributed by atoms with Gasteiger partial charge in [-0.2, -0.15) is 0 Å². The molecule has 0 bridgehead atoms. The molecule has 3 rings (SSSR count). The normalized spacial score (nSPS) is 12.3. The zero-order valence-corrected chi connectivity index (χ0v) is 15.6. The van der Waals surface area contributed by atoms with Crippen LogP contribution in [-0.2, 0) is 9.53 Å². The number of carbonyl (C=O) groups is 1. The Balaban J connectivity index is 2.22. The van der Waals surface area contributed by atoms with Crippen LogP contribution in [0.3, 0.4) is 0 Å². The predicted octanol–water partition coefficient (Wildman–Crippen LogP) is 4.09. The van der Waals surface area contributed by atoms with E-state index in [1.54, 1.807) is 19.1 Å². The molecule has 7 heteroatoms. The van der Waals surface area contributed by atoms with Gasteiger partial charge >= 0.3 is 5.97 Å². The van der Waals surface area contributed by atoms with E-state index in [0.29, 0.717) is 16.6 Å². The fraction of sp³-hybridized carbons (Fsp3) is 0.316. The molecule has 0 amide bonds. The van der Waals surface area contributed by atoms with Crippen LogP contribution in [0.5, 0.6) is 0 Å². The first-order valence-electron chi connectivity index (χ1n) is 8.40. The maximum atomic E-state index is 13.3. The second-order valence-electron chi connectivity index (χ2n) is 5.85. The van der Waals surface area contributed by atoms with Crippen molar-refractivity contribution in [3.63, 3.8) is 0 Å². The van der Waals surface area contributed by atoms with Crippen LogP contribution in [0.15, 0.2) is 35.4 Å². The largest absolute Gasteiger partial charge is 0.464 e. The molecular weight excluding hydrogens is 355 g/mol. The maximum Gasteiger partial charge on any atom is 0.329 e. The molecule has 0 saturated heterocycles. The molecule has 0 spiro atoms. The van der Waals surface area contributed by atoms with Crippen LogP contribution in [0.1, 0.15) is 31.2 Å². The van der Waals surface area contributed by atoms with Gasteiger partial charge in [0.15, 0.2) is 0 Å². The summed E-state index contributed by atoms with van der Waals surface area (Å²) in [7, 11) is 0. The first-order valence-corrected chi connectivity index (χ1v) is 9.22. The number of aryl methyl sites for hydroxylation is 1. The third-order valence-corrected chi connectivity index (χ3v) is 5.24. The van der Waals surface area contributed by atoms with Crippen molar-refractivity contribution in [2.45, 2.75) is 33.2 Å². The lowest BCUT2D eigenvalue weighted by Crippen LogP contribution is -2.31.